The van der Waals surface area contributed by atoms with Gasteiger partial charge in [0.05, 0.1) is 6.04 Å². The van der Waals surface area contributed by atoms with Crippen LogP contribution in [0.25, 0.3) is 0 Å². The van der Waals surface area contributed by atoms with Crippen molar-refractivity contribution >= 4 is 5.78 Å². The first-order valence-electron chi connectivity index (χ1n) is 4.93. The summed E-state index contributed by atoms with van der Waals surface area (Å²) in [6.45, 7) is 8.73. The van der Waals surface area contributed by atoms with E-state index >= 15 is 0 Å². The molecule has 1 unspecified atom stereocenters. The molecule has 3 nitrogen and oxygen atoms in total. The van der Waals surface area contributed by atoms with E-state index in [1.807, 2.05) is 20.9 Å². The zero-order chi connectivity index (χ0) is 10.4. The van der Waals surface area contributed by atoms with Gasteiger partial charge in [-0.2, -0.15) is 0 Å². The van der Waals surface area contributed by atoms with E-state index in [-0.39, 0.29) is 17.7 Å². The second-order valence-electron chi connectivity index (χ2n) is 3.96. The number of carbonyl (C=O) groups is 1. The van der Waals surface area contributed by atoms with Gasteiger partial charge in [0, 0.05) is 18.5 Å². The average molecular weight is 186 g/mol. The van der Waals surface area contributed by atoms with Gasteiger partial charge < -0.3 is 10.6 Å². The van der Waals surface area contributed by atoms with Crippen LogP contribution >= 0.6 is 0 Å². The highest BCUT2D eigenvalue weighted by Gasteiger charge is 2.18. The van der Waals surface area contributed by atoms with Crippen LogP contribution in [0.4, 0.5) is 0 Å². The van der Waals surface area contributed by atoms with Gasteiger partial charge in [-0.3, -0.25) is 4.79 Å². The normalized spacial score (nSPS) is 13.8. The quantitative estimate of drug-likeness (QED) is 0.644. The maximum atomic E-state index is 11.6. The van der Waals surface area contributed by atoms with Gasteiger partial charge in [0.2, 0.25) is 0 Å². The van der Waals surface area contributed by atoms with Crippen molar-refractivity contribution in [3.8, 4) is 0 Å². The van der Waals surface area contributed by atoms with Crippen LogP contribution in [0.15, 0.2) is 0 Å². The van der Waals surface area contributed by atoms with E-state index in [1.165, 1.54) is 0 Å². The standard InChI is InChI=1S/C10H22N2O/c1-7(2)10(13)9(11-5)6-12-8(3)4/h7-9,11-12H,6H2,1-5H3. The predicted molar refractivity (Wildman–Crippen MR) is 55.8 cm³/mol. The van der Waals surface area contributed by atoms with Crippen LogP contribution in [-0.4, -0.2) is 31.5 Å². The third-order valence-electron chi connectivity index (χ3n) is 1.99. The van der Waals surface area contributed by atoms with Crippen molar-refractivity contribution in [3.05, 3.63) is 0 Å². The van der Waals surface area contributed by atoms with Crippen LogP contribution in [0, 0.1) is 5.92 Å². The lowest BCUT2D eigenvalue weighted by atomic mass is 10.0. The summed E-state index contributed by atoms with van der Waals surface area (Å²) in [7, 11) is 1.83. The molecule has 0 saturated carbocycles. The molecule has 78 valence electrons. The van der Waals surface area contributed by atoms with E-state index in [2.05, 4.69) is 24.5 Å². The second kappa shape index (κ2) is 6.11. The highest BCUT2D eigenvalue weighted by molar-refractivity contribution is 5.85. The Morgan fingerprint density at radius 3 is 2.08 bits per heavy atom. The lowest BCUT2D eigenvalue weighted by Crippen LogP contribution is -2.46. The number of ketones is 1. The molecule has 0 saturated heterocycles. The maximum Gasteiger partial charge on any atom is 0.153 e. The Bertz CT molecular complexity index is 155. The number of likely N-dealkylation sites (N-methyl/N-ethyl adjacent to an activating group) is 1. The van der Waals surface area contributed by atoms with Gasteiger partial charge >= 0.3 is 0 Å². The molecule has 0 radical (unpaired) electrons. The van der Waals surface area contributed by atoms with E-state index in [1.54, 1.807) is 0 Å². The summed E-state index contributed by atoms with van der Waals surface area (Å²) in [4.78, 5) is 11.6. The maximum absolute atomic E-state index is 11.6. The Morgan fingerprint density at radius 2 is 1.77 bits per heavy atom. The molecule has 0 aliphatic carbocycles. The van der Waals surface area contributed by atoms with Gasteiger partial charge in [-0.1, -0.05) is 27.7 Å². The van der Waals surface area contributed by atoms with Gasteiger partial charge in [-0.25, -0.2) is 0 Å². The first kappa shape index (κ1) is 12.6. The molecule has 13 heavy (non-hydrogen) atoms. The third kappa shape index (κ3) is 5.01. The molecule has 0 aromatic rings. The van der Waals surface area contributed by atoms with Crippen molar-refractivity contribution < 1.29 is 4.79 Å². The fraction of sp³-hybridized carbons (Fsp3) is 0.900. The summed E-state index contributed by atoms with van der Waals surface area (Å²) in [5.41, 5.74) is 0. The fourth-order valence-corrected chi connectivity index (χ4v) is 1.10. The van der Waals surface area contributed by atoms with E-state index in [0.717, 1.165) is 0 Å². The molecule has 0 aromatic carbocycles. The Hall–Kier alpha value is -0.410. The molecule has 0 amide bonds. The SMILES string of the molecule is CNC(CNC(C)C)C(=O)C(C)C. The Labute approximate surface area is 81.3 Å². The molecule has 0 aliphatic rings. The zero-order valence-corrected chi connectivity index (χ0v) is 9.35. The summed E-state index contributed by atoms with van der Waals surface area (Å²) < 4.78 is 0. The predicted octanol–water partition coefficient (Wildman–Crippen LogP) is 0.797. The van der Waals surface area contributed by atoms with Gasteiger partial charge in [0.1, 0.15) is 0 Å². The van der Waals surface area contributed by atoms with Gasteiger partial charge in [-0.15, -0.1) is 0 Å². The van der Waals surface area contributed by atoms with Crippen molar-refractivity contribution in [3.63, 3.8) is 0 Å². The number of Topliss-reactive ketones (excluding diaryl/α,β-unsaturated/α-hetero) is 1. The molecule has 0 aliphatic heterocycles. The Balaban J connectivity index is 3.95. The molecule has 0 bridgehead atoms. The fourth-order valence-electron chi connectivity index (χ4n) is 1.10. The minimum atomic E-state index is -0.0533. The summed E-state index contributed by atoms with van der Waals surface area (Å²) in [6.07, 6.45) is 0. The van der Waals surface area contributed by atoms with E-state index in [4.69, 9.17) is 0 Å². The summed E-state index contributed by atoms with van der Waals surface area (Å²) in [6, 6.07) is 0.373. The Morgan fingerprint density at radius 1 is 1.23 bits per heavy atom. The first-order valence-corrected chi connectivity index (χ1v) is 4.93. The van der Waals surface area contributed by atoms with E-state index < -0.39 is 0 Å². The summed E-state index contributed by atoms with van der Waals surface area (Å²) >= 11 is 0. The number of carbonyl (C=O) groups excluding carboxylic acids is 1. The number of hydrogen-bond acceptors (Lipinski definition) is 3. The largest absolute Gasteiger partial charge is 0.313 e. The number of nitrogens with one attached hydrogen (secondary N) is 2. The monoisotopic (exact) mass is 186 g/mol. The van der Waals surface area contributed by atoms with E-state index in [9.17, 15) is 4.79 Å². The molecule has 0 aromatic heterocycles. The number of rotatable bonds is 6. The molecule has 1 atom stereocenters. The van der Waals surface area contributed by atoms with Crippen molar-refractivity contribution in [1.82, 2.24) is 10.6 Å². The van der Waals surface area contributed by atoms with Gasteiger partial charge in [0.15, 0.2) is 5.78 Å². The van der Waals surface area contributed by atoms with Gasteiger partial charge in [-0.05, 0) is 7.05 Å². The molecule has 0 heterocycles. The van der Waals surface area contributed by atoms with Gasteiger partial charge in [0.25, 0.3) is 0 Å². The topological polar surface area (TPSA) is 41.1 Å². The Kier molecular flexibility index (Phi) is 5.91. The highest BCUT2D eigenvalue weighted by atomic mass is 16.1. The molecule has 2 N–H and O–H groups in total. The molecule has 0 fully saturated rings. The van der Waals surface area contributed by atoms with Crippen LogP contribution in [0.3, 0.4) is 0 Å². The molecular weight excluding hydrogens is 164 g/mol. The lowest BCUT2D eigenvalue weighted by molar-refractivity contribution is -0.123. The zero-order valence-electron chi connectivity index (χ0n) is 9.35. The highest BCUT2D eigenvalue weighted by Crippen LogP contribution is 1.98. The van der Waals surface area contributed by atoms with Crippen molar-refractivity contribution in [1.29, 1.82) is 0 Å². The summed E-state index contributed by atoms with van der Waals surface area (Å²) in [5.74, 6) is 0.377. The van der Waals surface area contributed by atoms with Crippen molar-refractivity contribution in [2.24, 2.45) is 5.92 Å². The van der Waals surface area contributed by atoms with Crippen molar-refractivity contribution in [2.75, 3.05) is 13.6 Å². The minimum absolute atomic E-state index is 0.0533. The van der Waals surface area contributed by atoms with Crippen LogP contribution in [0.1, 0.15) is 27.7 Å². The molecular formula is C10H22N2O. The van der Waals surface area contributed by atoms with Crippen LogP contribution in [0.2, 0.25) is 0 Å². The second-order valence-corrected chi connectivity index (χ2v) is 3.96. The first-order chi connectivity index (χ1) is 5.99. The summed E-state index contributed by atoms with van der Waals surface area (Å²) in [5, 5.41) is 6.28. The lowest BCUT2D eigenvalue weighted by Gasteiger charge is -2.19. The smallest absolute Gasteiger partial charge is 0.153 e. The minimum Gasteiger partial charge on any atom is -0.313 e. The number of hydrogen-bond donors (Lipinski definition) is 2. The van der Waals surface area contributed by atoms with Crippen LogP contribution in [-0.2, 0) is 4.79 Å². The third-order valence-corrected chi connectivity index (χ3v) is 1.99. The van der Waals surface area contributed by atoms with E-state index in [0.29, 0.717) is 12.6 Å². The van der Waals surface area contributed by atoms with Crippen molar-refractivity contribution in [2.45, 2.75) is 39.8 Å². The van der Waals surface area contributed by atoms with Crippen LogP contribution < -0.4 is 10.6 Å². The average Bonchev–Trinajstić information content (AvgIpc) is 2.04. The molecule has 0 spiro atoms. The molecule has 0 rings (SSSR count). The molecule has 3 heteroatoms. The van der Waals surface area contributed by atoms with Crippen LogP contribution in [0.5, 0.6) is 0 Å².